The molecule has 0 amide bonds. The predicted octanol–water partition coefficient (Wildman–Crippen LogP) is 7.40. The van der Waals surface area contributed by atoms with Crippen LogP contribution < -0.4 is 47.4 Å². The molecule has 284 valence electrons. The van der Waals surface area contributed by atoms with Crippen LogP contribution in [0.25, 0.3) is 12.2 Å². The number of benzene rings is 4. The van der Waals surface area contributed by atoms with Crippen LogP contribution in [0.15, 0.2) is 72.8 Å². The van der Waals surface area contributed by atoms with Gasteiger partial charge in [-0.25, -0.2) is 8.42 Å². The highest BCUT2D eigenvalue weighted by Crippen LogP contribution is 2.51. The fraction of sp³-hybridized carbons (Fsp3) is 0.300. The van der Waals surface area contributed by atoms with Gasteiger partial charge in [0.05, 0.1) is 82.2 Å². The van der Waals surface area contributed by atoms with Crippen molar-refractivity contribution in [1.29, 1.82) is 0 Å². The van der Waals surface area contributed by atoms with E-state index in [9.17, 15) is 0 Å². The summed E-state index contributed by atoms with van der Waals surface area (Å²) < 4.78 is 88.0. The van der Waals surface area contributed by atoms with E-state index in [0.29, 0.717) is 45.6 Å². The van der Waals surface area contributed by atoms with Crippen molar-refractivity contribution in [3.05, 3.63) is 95.1 Å². The number of rotatable bonds is 18. The van der Waals surface area contributed by atoms with Gasteiger partial charge in [-0.2, -0.15) is 0 Å². The largest absolute Gasteiger partial charge is 0.496 e. The molecule has 0 aliphatic rings. The lowest BCUT2D eigenvalue weighted by molar-refractivity contribution is 0.322. The topological polar surface area (TPSA) is 126 Å². The molecular formula is C40H46O12S. The molecule has 0 spiro atoms. The zero-order chi connectivity index (χ0) is 38.7. The Morgan fingerprint density at radius 3 is 0.962 bits per heavy atom. The molecule has 0 saturated heterocycles. The molecule has 0 aromatic heterocycles. The van der Waals surface area contributed by atoms with Gasteiger partial charge in [-0.05, 0) is 60.7 Å². The maximum atomic E-state index is 15.7. The lowest BCUT2D eigenvalue weighted by atomic mass is 10.1. The zero-order valence-corrected chi connectivity index (χ0v) is 32.4. The van der Waals surface area contributed by atoms with E-state index in [2.05, 4.69) is 0 Å². The van der Waals surface area contributed by atoms with Crippen molar-refractivity contribution < 1.29 is 55.8 Å². The van der Waals surface area contributed by atoms with Gasteiger partial charge in [0, 0.05) is 11.1 Å². The van der Waals surface area contributed by atoms with Gasteiger partial charge in [0.2, 0.25) is 11.5 Å². The molecule has 13 heteroatoms. The molecule has 0 radical (unpaired) electrons. The SMILES string of the molecule is COc1cccc(OC)c1/C=C/C(c1ccc(OC)c(OC)c1OC)S(=O)(=O)C(/C=C/c1c(OC)cccc1OC)c1ccc(OC)c(OC)c1OC. The first-order valence-corrected chi connectivity index (χ1v) is 17.8. The summed E-state index contributed by atoms with van der Waals surface area (Å²) in [4.78, 5) is 0. The molecule has 0 aliphatic heterocycles. The third-order valence-electron chi connectivity index (χ3n) is 8.60. The van der Waals surface area contributed by atoms with Crippen LogP contribution in [0.2, 0.25) is 0 Å². The van der Waals surface area contributed by atoms with E-state index in [1.165, 1.54) is 71.1 Å². The van der Waals surface area contributed by atoms with Crippen LogP contribution in [0.4, 0.5) is 0 Å². The average molecular weight is 751 g/mol. The fourth-order valence-corrected chi connectivity index (χ4v) is 8.08. The second-order valence-electron chi connectivity index (χ2n) is 11.1. The molecule has 0 saturated carbocycles. The van der Waals surface area contributed by atoms with E-state index in [0.717, 1.165) is 0 Å². The molecule has 0 heterocycles. The Labute approximate surface area is 311 Å². The Bertz CT molecular complexity index is 1850. The third kappa shape index (κ3) is 8.05. The number of hydrogen-bond donors (Lipinski definition) is 0. The minimum atomic E-state index is -4.43. The summed E-state index contributed by atoms with van der Waals surface area (Å²) in [5, 5.41) is -2.78. The Morgan fingerprint density at radius 1 is 0.396 bits per heavy atom. The van der Waals surface area contributed by atoms with Crippen molar-refractivity contribution in [3.63, 3.8) is 0 Å². The molecule has 0 aliphatic carbocycles. The van der Waals surface area contributed by atoms with E-state index < -0.39 is 20.3 Å². The van der Waals surface area contributed by atoms with Gasteiger partial charge in [0.25, 0.3) is 0 Å². The molecule has 0 bridgehead atoms. The summed E-state index contributed by atoms with van der Waals surface area (Å²) in [5.74, 6) is 3.32. The van der Waals surface area contributed by atoms with E-state index in [4.69, 9.17) is 47.4 Å². The van der Waals surface area contributed by atoms with Crippen molar-refractivity contribution in [2.45, 2.75) is 10.5 Å². The van der Waals surface area contributed by atoms with Gasteiger partial charge in [-0.1, -0.05) is 24.3 Å². The van der Waals surface area contributed by atoms with Crippen molar-refractivity contribution in [3.8, 4) is 57.5 Å². The molecule has 0 fully saturated rings. The Balaban J connectivity index is 2.14. The van der Waals surface area contributed by atoms with Gasteiger partial charge in [0.15, 0.2) is 32.8 Å². The second kappa shape index (κ2) is 18.2. The first kappa shape index (κ1) is 40.1. The summed E-state index contributed by atoms with van der Waals surface area (Å²) in [5.41, 5.74) is 1.57. The van der Waals surface area contributed by atoms with E-state index in [-0.39, 0.29) is 34.1 Å². The summed E-state index contributed by atoms with van der Waals surface area (Å²) in [6.07, 6.45) is 6.40. The lowest BCUT2D eigenvalue weighted by Gasteiger charge is -2.26. The van der Waals surface area contributed by atoms with Gasteiger partial charge in [0.1, 0.15) is 33.5 Å². The predicted molar refractivity (Wildman–Crippen MR) is 204 cm³/mol. The molecule has 53 heavy (non-hydrogen) atoms. The number of ether oxygens (including phenoxy) is 10. The smallest absolute Gasteiger partial charge is 0.203 e. The van der Waals surface area contributed by atoms with E-state index in [1.54, 1.807) is 85.0 Å². The highest BCUT2D eigenvalue weighted by atomic mass is 32.2. The standard InChI is InChI=1S/C40H46O12S/c1-43-29-13-11-14-30(44-2)25(29)19-23-35(27-17-21-33(47-5)39(51-9)37(27)49-7)53(41,42)36(24-20-26-31(45-3)15-12-16-32(26)46-4)28-18-22-34(48-6)40(52-10)38(28)50-8/h11-24,35-36H,1-10H3/b23-19+,24-20+. The van der Waals surface area contributed by atoms with Crippen LogP contribution >= 0.6 is 0 Å². The maximum absolute atomic E-state index is 15.7. The normalized spacial score (nSPS) is 12.6. The zero-order valence-electron chi connectivity index (χ0n) is 31.5. The molecule has 4 rings (SSSR count). The summed E-state index contributed by atoms with van der Waals surface area (Å²) in [6, 6.07) is 17.1. The first-order valence-electron chi connectivity index (χ1n) is 16.2. The van der Waals surface area contributed by atoms with Crippen LogP contribution in [0, 0.1) is 0 Å². The van der Waals surface area contributed by atoms with Crippen molar-refractivity contribution >= 4 is 22.0 Å². The highest BCUT2D eigenvalue weighted by molar-refractivity contribution is 7.92. The third-order valence-corrected chi connectivity index (χ3v) is 10.8. The van der Waals surface area contributed by atoms with Gasteiger partial charge < -0.3 is 47.4 Å². The molecular weight excluding hydrogens is 704 g/mol. The summed E-state index contributed by atoms with van der Waals surface area (Å²) >= 11 is 0. The van der Waals surface area contributed by atoms with Crippen molar-refractivity contribution in [2.75, 3.05) is 71.1 Å². The van der Waals surface area contributed by atoms with Crippen LogP contribution in [-0.4, -0.2) is 79.5 Å². The van der Waals surface area contributed by atoms with Gasteiger partial charge in [-0.3, -0.25) is 0 Å². The minimum Gasteiger partial charge on any atom is -0.496 e. The number of sulfone groups is 1. The molecule has 12 nitrogen and oxygen atoms in total. The summed E-state index contributed by atoms with van der Waals surface area (Å²) in [6.45, 7) is 0. The minimum absolute atomic E-state index is 0.158. The molecule has 2 unspecified atom stereocenters. The Hall–Kier alpha value is -5.69. The molecule has 0 N–H and O–H groups in total. The second-order valence-corrected chi connectivity index (χ2v) is 13.3. The average Bonchev–Trinajstić information content (AvgIpc) is 3.19. The monoisotopic (exact) mass is 750 g/mol. The first-order chi connectivity index (χ1) is 25.6. The maximum Gasteiger partial charge on any atom is 0.203 e. The van der Waals surface area contributed by atoms with Gasteiger partial charge in [-0.15, -0.1) is 0 Å². The molecule has 4 aromatic carbocycles. The Kier molecular flexibility index (Phi) is 13.8. The summed E-state index contributed by atoms with van der Waals surface area (Å²) in [7, 11) is 10.4. The Morgan fingerprint density at radius 2 is 0.698 bits per heavy atom. The fourth-order valence-electron chi connectivity index (χ4n) is 6.09. The van der Waals surface area contributed by atoms with E-state index >= 15 is 8.42 Å². The number of hydrogen-bond acceptors (Lipinski definition) is 12. The highest BCUT2D eigenvalue weighted by Gasteiger charge is 2.39. The van der Waals surface area contributed by atoms with Crippen LogP contribution in [0.5, 0.6) is 57.5 Å². The van der Waals surface area contributed by atoms with E-state index in [1.807, 2.05) is 0 Å². The van der Waals surface area contributed by atoms with Crippen LogP contribution in [-0.2, 0) is 9.84 Å². The van der Waals surface area contributed by atoms with Gasteiger partial charge >= 0.3 is 0 Å². The van der Waals surface area contributed by atoms with Crippen LogP contribution in [0.1, 0.15) is 32.8 Å². The lowest BCUT2D eigenvalue weighted by Crippen LogP contribution is -2.20. The molecule has 2 atom stereocenters. The quantitative estimate of drug-likeness (QED) is 0.101. The van der Waals surface area contributed by atoms with Crippen LogP contribution in [0.3, 0.4) is 0 Å². The van der Waals surface area contributed by atoms with Crippen molar-refractivity contribution in [1.82, 2.24) is 0 Å². The number of methoxy groups -OCH3 is 10. The molecule has 4 aromatic rings. The van der Waals surface area contributed by atoms with Crippen molar-refractivity contribution in [2.24, 2.45) is 0 Å².